The van der Waals surface area contributed by atoms with Crippen LogP contribution in [0.15, 0.2) is 41.8 Å². The maximum atomic E-state index is 12.6. The summed E-state index contributed by atoms with van der Waals surface area (Å²) in [6.07, 6.45) is 1.30. The Morgan fingerprint density at radius 2 is 1.97 bits per heavy atom. The van der Waals surface area contributed by atoms with Gasteiger partial charge in [0.15, 0.2) is 5.13 Å². The molecule has 0 atom stereocenters. The maximum Gasteiger partial charge on any atom is 0.226 e. The fourth-order valence-electron chi connectivity index (χ4n) is 3.60. The fraction of sp³-hybridized carbons (Fsp3) is 0.348. The van der Waals surface area contributed by atoms with Gasteiger partial charge in [-0.05, 0) is 29.3 Å². The molecule has 1 aliphatic rings. The number of nitrogens with one attached hydrogen (secondary N) is 1. The molecule has 156 valence electrons. The Morgan fingerprint density at radius 3 is 2.73 bits per heavy atom. The molecule has 0 fully saturated rings. The molecule has 30 heavy (non-hydrogen) atoms. The van der Waals surface area contributed by atoms with Crippen molar-refractivity contribution in [3.63, 3.8) is 0 Å². The van der Waals surface area contributed by atoms with Crippen molar-refractivity contribution in [1.82, 2.24) is 9.88 Å². The van der Waals surface area contributed by atoms with E-state index in [1.165, 1.54) is 21.8 Å². The second kappa shape index (κ2) is 9.10. The van der Waals surface area contributed by atoms with Gasteiger partial charge in [0.25, 0.3) is 0 Å². The normalized spacial score (nSPS) is 13.4. The van der Waals surface area contributed by atoms with E-state index in [0.717, 1.165) is 29.1 Å². The van der Waals surface area contributed by atoms with Gasteiger partial charge < -0.3 is 10.2 Å². The summed E-state index contributed by atoms with van der Waals surface area (Å²) in [5.74, 6) is 0.181. The molecule has 0 spiro atoms. The number of nitrogens with zero attached hydrogens (tertiary/aromatic N) is 2. The van der Waals surface area contributed by atoms with Crippen LogP contribution in [0.3, 0.4) is 0 Å². The van der Waals surface area contributed by atoms with Crippen LogP contribution < -0.4 is 5.32 Å². The number of carbonyl (C=O) groups excluding carboxylic acids is 2. The van der Waals surface area contributed by atoms with Crippen LogP contribution in [0.25, 0.3) is 11.3 Å². The molecule has 1 N–H and O–H groups in total. The first-order valence-electron chi connectivity index (χ1n) is 10.2. The zero-order valence-electron chi connectivity index (χ0n) is 17.2. The van der Waals surface area contributed by atoms with Crippen molar-refractivity contribution in [1.29, 1.82) is 0 Å². The minimum absolute atomic E-state index is 0.0361. The highest BCUT2D eigenvalue weighted by Crippen LogP contribution is 2.36. The predicted molar refractivity (Wildman–Crippen MR) is 123 cm³/mol. The van der Waals surface area contributed by atoms with Gasteiger partial charge in [0.2, 0.25) is 11.8 Å². The molecule has 0 unspecified atom stereocenters. The number of fused-ring (bicyclic) bond motifs is 1. The second-order valence-electron chi connectivity index (χ2n) is 7.74. The molecule has 0 aliphatic carbocycles. The number of hydrogen-bond donors (Lipinski definition) is 1. The number of aromatic nitrogens is 1. The van der Waals surface area contributed by atoms with Gasteiger partial charge in [0.1, 0.15) is 0 Å². The lowest BCUT2D eigenvalue weighted by atomic mass is 10.1. The first-order chi connectivity index (χ1) is 14.5. The van der Waals surface area contributed by atoms with Crippen LogP contribution >= 0.6 is 22.7 Å². The molecule has 5 nitrogen and oxygen atoms in total. The van der Waals surface area contributed by atoms with Crippen LogP contribution in [0.5, 0.6) is 0 Å². The lowest BCUT2D eigenvalue weighted by Gasteiger charge is -2.27. The minimum Gasteiger partial charge on any atom is -0.338 e. The van der Waals surface area contributed by atoms with Crippen molar-refractivity contribution in [2.75, 3.05) is 11.9 Å². The van der Waals surface area contributed by atoms with Gasteiger partial charge in [-0.25, -0.2) is 4.98 Å². The van der Waals surface area contributed by atoms with E-state index in [1.54, 1.807) is 11.3 Å². The first kappa shape index (κ1) is 20.8. The summed E-state index contributed by atoms with van der Waals surface area (Å²) in [7, 11) is 0. The number of rotatable bonds is 6. The van der Waals surface area contributed by atoms with Crippen molar-refractivity contribution in [3.8, 4) is 11.3 Å². The van der Waals surface area contributed by atoms with E-state index in [0.29, 0.717) is 17.6 Å². The summed E-state index contributed by atoms with van der Waals surface area (Å²) in [6.45, 7) is 5.64. The van der Waals surface area contributed by atoms with E-state index in [2.05, 4.69) is 35.6 Å². The van der Waals surface area contributed by atoms with E-state index in [-0.39, 0.29) is 24.7 Å². The molecule has 1 aromatic carbocycles. The van der Waals surface area contributed by atoms with Gasteiger partial charge >= 0.3 is 0 Å². The highest BCUT2D eigenvalue weighted by atomic mass is 32.1. The summed E-state index contributed by atoms with van der Waals surface area (Å²) in [5.41, 5.74) is 3.20. The first-order valence-corrected chi connectivity index (χ1v) is 11.9. The summed E-state index contributed by atoms with van der Waals surface area (Å²) in [5, 5.41) is 5.57. The minimum atomic E-state index is -0.166. The second-order valence-corrected chi connectivity index (χ2v) is 9.77. The summed E-state index contributed by atoms with van der Waals surface area (Å²) < 4.78 is 0. The zero-order valence-corrected chi connectivity index (χ0v) is 18.8. The van der Waals surface area contributed by atoms with Crippen LogP contribution in [0.4, 0.5) is 5.13 Å². The Balaban J connectivity index is 1.36. The molecular formula is C23H25N3O2S2. The number of thiophene rings is 1. The lowest BCUT2D eigenvalue weighted by Crippen LogP contribution is -2.35. The maximum absolute atomic E-state index is 12.6. The van der Waals surface area contributed by atoms with E-state index in [1.807, 2.05) is 35.2 Å². The van der Waals surface area contributed by atoms with Gasteiger partial charge in [-0.2, -0.15) is 0 Å². The molecule has 3 aromatic rings. The van der Waals surface area contributed by atoms with Gasteiger partial charge in [0, 0.05) is 41.2 Å². The highest BCUT2D eigenvalue weighted by Gasteiger charge is 2.22. The lowest BCUT2D eigenvalue weighted by molar-refractivity contribution is -0.133. The SMILES string of the molecule is CC(C)c1sc(NC(=O)CCC(=O)N2CCc3sccc3C2)nc1-c1ccccc1. The van der Waals surface area contributed by atoms with Crippen LogP contribution in [0, 0.1) is 0 Å². The summed E-state index contributed by atoms with van der Waals surface area (Å²) in [6, 6.07) is 12.1. The van der Waals surface area contributed by atoms with E-state index < -0.39 is 0 Å². The van der Waals surface area contributed by atoms with Crippen LogP contribution in [-0.2, 0) is 22.6 Å². The standard InChI is InChI=1S/C23H25N3O2S2/c1-15(2)22-21(16-6-4-3-5-7-16)25-23(30-22)24-19(27)8-9-20(28)26-12-10-18-17(14-26)11-13-29-18/h3-7,11,13,15H,8-10,12,14H2,1-2H3,(H,24,25,27). The molecule has 1 aliphatic heterocycles. The van der Waals surface area contributed by atoms with Crippen LogP contribution in [-0.4, -0.2) is 28.2 Å². The molecule has 0 radical (unpaired) electrons. The van der Waals surface area contributed by atoms with Crippen molar-refractivity contribution in [3.05, 3.63) is 57.1 Å². The molecule has 4 rings (SSSR count). The molecule has 2 aromatic heterocycles. The Bertz CT molecular complexity index is 1040. The number of thiazole rings is 1. The Kier molecular flexibility index (Phi) is 6.29. The molecule has 2 amide bonds. The monoisotopic (exact) mass is 439 g/mol. The third kappa shape index (κ3) is 4.63. The molecule has 0 bridgehead atoms. The van der Waals surface area contributed by atoms with E-state index >= 15 is 0 Å². The Hall–Kier alpha value is -2.51. The predicted octanol–water partition coefficient (Wildman–Crippen LogP) is 5.30. The van der Waals surface area contributed by atoms with Gasteiger partial charge in [-0.15, -0.1) is 22.7 Å². The number of anilines is 1. The number of amides is 2. The van der Waals surface area contributed by atoms with Crippen molar-refractivity contribution < 1.29 is 9.59 Å². The topological polar surface area (TPSA) is 62.3 Å². The number of hydrogen-bond acceptors (Lipinski definition) is 5. The van der Waals surface area contributed by atoms with Gasteiger partial charge in [0.05, 0.1) is 5.69 Å². The van der Waals surface area contributed by atoms with E-state index in [4.69, 9.17) is 0 Å². The Morgan fingerprint density at radius 1 is 1.17 bits per heavy atom. The van der Waals surface area contributed by atoms with Gasteiger partial charge in [-0.3, -0.25) is 9.59 Å². The van der Waals surface area contributed by atoms with Crippen molar-refractivity contribution >= 4 is 39.6 Å². The average molecular weight is 440 g/mol. The largest absolute Gasteiger partial charge is 0.338 e. The number of benzene rings is 1. The average Bonchev–Trinajstić information content (AvgIpc) is 3.39. The summed E-state index contributed by atoms with van der Waals surface area (Å²) >= 11 is 3.26. The molecule has 0 saturated carbocycles. The molecule has 7 heteroatoms. The van der Waals surface area contributed by atoms with Gasteiger partial charge in [-0.1, -0.05) is 44.2 Å². The third-order valence-corrected chi connectivity index (χ3v) is 7.49. The summed E-state index contributed by atoms with van der Waals surface area (Å²) in [4.78, 5) is 34.1. The smallest absolute Gasteiger partial charge is 0.226 e. The fourth-order valence-corrected chi connectivity index (χ4v) is 5.50. The third-order valence-electron chi connectivity index (χ3n) is 5.20. The van der Waals surface area contributed by atoms with Crippen molar-refractivity contribution in [2.45, 2.75) is 45.6 Å². The van der Waals surface area contributed by atoms with Crippen LogP contribution in [0.1, 0.15) is 47.9 Å². The zero-order chi connectivity index (χ0) is 21.1. The van der Waals surface area contributed by atoms with E-state index in [9.17, 15) is 9.59 Å². The number of carbonyl (C=O) groups is 2. The highest BCUT2D eigenvalue weighted by molar-refractivity contribution is 7.16. The van der Waals surface area contributed by atoms with Crippen LogP contribution in [0.2, 0.25) is 0 Å². The quantitative estimate of drug-likeness (QED) is 0.567. The molecule has 3 heterocycles. The molecular weight excluding hydrogens is 414 g/mol. The van der Waals surface area contributed by atoms with Crippen molar-refractivity contribution in [2.24, 2.45) is 0 Å². The molecule has 0 saturated heterocycles. The Labute approximate surface area is 184 Å².